The summed E-state index contributed by atoms with van der Waals surface area (Å²) in [5, 5.41) is 8.30. The lowest BCUT2D eigenvalue weighted by Crippen LogP contribution is -2.41. The lowest BCUT2D eigenvalue weighted by molar-refractivity contribution is 0.0646. The summed E-state index contributed by atoms with van der Waals surface area (Å²) >= 11 is 1.17. The van der Waals surface area contributed by atoms with Crippen molar-refractivity contribution in [3.8, 4) is 0 Å². The Morgan fingerprint density at radius 2 is 2.12 bits per heavy atom. The van der Waals surface area contributed by atoms with Crippen molar-refractivity contribution >= 4 is 22.4 Å². The molecule has 0 bridgehead atoms. The van der Waals surface area contributed by atoms with E-state index in [2.05, 4.69) is 10.2 Å². The smallest absolute Gasteiger partial charge is 0.285 e. The van der Waals surface area contributed by atoms with Crippen LogP contribution in [0.2, 0.25) is 0 Å². The summed E-state index contributed by atoms with van der Waals surface area (Å²) in [5.41, 5.74) is 5.51. The van der Waals surface area contributed by atoms with Crippen LogP contribution in [0.1, 0.15) is 48.8 Å². The average Bonchev–Trinajstić information content (AvgIpc) is 2.78. The molecule has 94 valence electrons. The third kappa shape index (κ3) is 2.74. The number of nitrogen functional groups attached to an aromatic ring is 1. The second-order valence-corrected chi connectivity index (χ2v) is 5.34. The van der Waals surface area contributed by atoms with E-state index < -0.39 is 0 Å². The summed E-state index contributed by atoms with van der Waals surface area (Å²) < 4.78 is 0. The van der Waals surface area contributed by atoms with Crippen LogP contribution >= 0.6 is 11.3 Å². The maximum absolute atomic E-state index is 12.3. The van der Waals surface area contributed by atoms with Crippen molar-refractivity contribution in [3.05, 3.63) is 5.01 Å². The predicted molar refractivity (Wildman–Crippen MR) is 67.9 cm³/mol. The van der Waals surface area contributed by atoms with Crippen molar-refractivity contribution in [2.24, 2.45) is 0 Å². The van der Waals surface area contributed by atoms with E-state index in [1.54, 1.807) is 0 Å². The Hall–Kier alpha value is -1.17. The Balaban J connectivity index is 2.09. The fraction of sp³-hybridized carbons (Fsp3) is 0.727. The first kappa shape index (κ1) is 12.3. The molecule has 17 heavy (non-hydrogen) atoms. The summed E-state index contributed by atoms with van der Waals surface area (Å²) in [7, 11) is 0. The van der Waals surface area contributed by atoms with E-state index in [1.165, 1.54) is 30.6 Å². The van der Waals surface area contributed by atoms with Gasteiger partial charge in [0.1, 0.15) is 0 Å². The molecule has 0 aromatic carbocycles. The van der Waals surface area contributed by atoms with Crippen LogP contribution in [0.25, 0.3) is 0 Å². The van der Waals surface area contributed by atoms with Crippen LogP contribution in [0.5, 0.6) is 0 Å². The Morgan fingerprint density at radius 3 is 2.65 bits per heavy atom. The third-order valence-electron chi connectivity index (χ3n) is 3.24. The molecular formula is C11H18N4OS. The summed E-state index contributed by atoms with van der Waals surface area (Å²) in [6, 6.07) is 0.367. The van der Waals surface area contributed by atoms with Gasteiger partial charge < -0.3 is 10.6 Å². The number of hydrogen-bond donors (Lipinski definition) is 1. The van der Waals surface area contributed by atoms with Gasteiger partial charge in [-0.2, -0.15) is 0 Å². The predicted octanol–water partition coefficient (Wildman–Crippen LogP) is 1.92. The number of carbonyl (C=O) groups is 1. The number of rotatable bonds is 3. The summed E-state index contributed by atoms with van der Waals surface area (Å²) in [6.07, 6.45) is 5.93. The minimum atomic E-state index is -0.0198. The van der Waals surface area contributed by atoms with Gasteiger partial charge in [-0.05, 0) is 19.8 Å². The Labute approximate surface area is 105 Å². The zero-order chi connectivity index (χ0) is 12.3. The van der Waals surface area contributed by atoms with Gasteiger partial charge in [0.2, 0.25) is 10.1 Å². The van der Waals surface area contributed by atoms with Crippen molar-refractivity contribution in [2.75, 3.05) is 12.3 Å². The summed E-state index contributed by atoms with van der Waals surface area (Å²) in [5.74, 6) is -0.0198. The van der Waals surface area contributed by atoms with Crippen LogP contribution in [0.3, 0.4) is 0 Å². The number of nitrogens with two attached hydrogens (primary N) is 1. The first-order valence-electron chi connectivity index (χ1n) is 6.12. The van der Waals surface area contributed by atoms with E-state index in [0.29, 0.717) is 16.2 Å². The first-order valence-corrected chi connectivity index (χ1v) is 6.94. The number of anilines is 1. The molecule has 0 saturated heterocycles. The second-order valence-electron chi connectivity index (χ2n) is 4.33. The zero-order valence-electron chi connectivity index (χ0n) is 10.1. The van der Waals surface area contributed by atoms with Gasteiger partial charge in [0, 0.05) is 12.6 Å². The molecule has 1 fully saturated rings. The molecule has 1 aliphatic rings. The summed E-state index contributed by atoms with van der Waals surface area (Å²) in [6.45, 7) is 2.74. The lowest BCUT2D eigenvalue weighted by atomic mass is 9.94. The highest BCUT2D eigenvalue weighted by molar-refractivity contribution is 7.16. The number of nitrogens with zero attached hydrogens (tertiary/aromatic N) is 3. The number of carbonyl (C=O) groups excluding carboxylic acids is 1. The average molecular weight is 254 g/mol. The topological polar surface area (TPSA) is 72.1 Å². The van der Waals surface area contributed by atoms with Gasteiger partial charge in [0.25, 0.3) is 5.91 Å². The van der Waals surface area contributed by atoms with Crippen molar-refractivity contribution < 1.29 is 4.79 Å². The fourth-order valence-electron chi connectivity index (χ4n) is 2.40. The molecule has 1 heterocycles. The van der Waals surface area contributed by atoms with Crippen LogP contribution in [-0.2, 0) is 0 Å². The van der Waals surface area contributed by atoms with Crippen molar-refractivity contribution in [3.63, 3.8) is 0 Å². The van der Waals surface area contributed by atoms with Crippen LogP contribution < -0.4 is 5.73 Å². The number of amides is 1. The lowest BCUT2D eigenvalue weighted by Gasteiger charge is -2.32. The molecule has 6 heteroatoms. The molecule has 1 aliphatic carbocycles. The van der Waals surface area contributed by atoms with E-state index in [9.17, 15) is 4.79 Å². The van der Waals surface area contributed by atoms with E-state index in [4.69, 9.17) is 5.73 Å². The zero-order valence-corrected chi connectivity index (χ0v) is 10.9. The minimum absolute atomic E-state index is 0.0198. The van der Waals surface area contributed by atoms with Crippen LogP contribution in [0, 0.1) is 0 Å². The van der Waals surface area contributed by atoms with Crippen molar-refractivity contribution in [1.29, 1.82) is 0 Å². The van der Waals surface area contributed by atoms with Gasteiger partial charge >= 0.3 is 0 Å². The molecule has 1 saturated carbocycles. The first-order chi connectivity index (χ1) is 8.22. The maximum atomic E-state index is 12.3. The highest BCUT2D eigenvalue weighted by atomic mass is 32.1. The minimum Gasteiger partial charge on any atom is -0.374 e. The van der Waals surface area contributed by atoms with E-state index in [1.807, 2.05) is 11.8 Å². The molecule has 2 N–H and O–H groups in total. The molecule has 1 aromatic rings. The number of hydrogen-bond acceptors (Lipinski definition) is 5. The van der Waals surface area contributed by atoms with Gasteiger partial charge in [0.05, 0.1) is 0 Å². The number of aromatic nitrogens is 2. The van der Waals surface area contributed by atoms with Crippen LogP contribution in [-0.4, -0.2) is 33.6 Å². The van der Waals surface area contributed by atoms with Crippen molar-refractivity contribution in [2.45, 2.75) is 45.1 Å². The molecule has 1 amide bonds. The van der Waals surface area contributed by atoms with Gasteiger partial charge in [0.15, 0.2) is 0 Å². The van der Waals surface area contributed by atoms with Gasteiger partial charge in [-0.1, -0.05) is 30.6 Å². The Kier molecular flexibility index (Phi) is 3.93. The normalized spacial score (nSPS) is 17.0. The van der Waals surface area contributed by atoms with Gasteiger partial charge in [-0.25, -0.2) is 0 Å². The van der Waals surface area contributed by atoms with E-state index in [0.717, 1.165) is 19.4 Å². The fourth-order valence-corrected chi connectivity index (χ4v) is 2.97. The quantitative estimate of drug-likeness (QED) is 0.894. The Bertz CT molecular complexity index is 387. The SMILES string of the molecule is CCN(C(=O)c1nnc(N)s1)C1CCCCC1. The molecule has 0 atom stereocenters. The van der Waals surface area contributed by atoms with Crippen molar-refractivity contribution in [1.82, 2.24) is 15.1 Å². The molecule has 0 unspecified atom stereocenters. The van der Waals surface area contributed by atoms with E-state index >= 15 is 0 Å². The molecular weight excluding hydrogens is 236 g/mol. The Morgan fingerprint density at radius 1 is 1.41 bits per heavy atom. The molecule has 0 radical (unpaired) electrons. The van der Waals surface area contributed by atoms with Gasteiger partial charge in [-0.15, -0.1) is 10.2 Å². The maximum Gasteiger partial charge on any atom is 0.285 e. The third-order valence-corrected chi connectivity index (χ3v) is 3.98. The second kappa shape index (κ2) is 5.44. The van der Waals surface area contributed by atoms with E-state index in [-0.39, 0.29) is 5.91 Å². The molecule has 1 aromatic heterocycles. The standard InChI is InChI=1S/C11H18N4OS/c1-2-15(8-6-4-3-5-7-8)10(16)9-13-14-11(12)17-9/h8H,2-7H2,1H3,(H2,12,14). The largest absolute Gasteiger partial charge is 0.374 e. The monoisotopic (exact) mass is 254 g/mol. The molecule has 0 aliphatic heterocycles. The van der Waals surface area contributed by atoms with Crippen LogP contribution in [0.15, 0.2) is 0 Å². The highest BCUT2D eigenvalue weighted by Gasteiger charge is 2.26. The molecule has 2 rings (SSSR count). The van der Waals surface area contributed by atoms with Crippen LogP contribution in [0.4, 0.5) is 5.13 Å². The van der Waals surface area contributed by atoms with Gasteiger partial charge in [-0.3, -0.25) is 4.79 Å². The summed E-state index contributed by atoms with van der Waals surface area (Å²) in [4.78, 5) is 14.2. The molecule has 5 nitrogen and oxygen atoms in total. The highest BCUT2D eigenvalue weighted by Crippen LogP contribution is 2.24. The molecule has 0 spiro atoms.